The van der Waals surface area contributed by atoms with Crippen LogP contribution in [-0.2, 0) is 28.9 Å². The van der Waals surface area contributed by atoms with Gasteiger partial charge in [-0.1, -0.05) is 167 Å². The molecule has 53 heavy (non-hydrogen) atoms. The molecular formula is C40H77NO11S. The Morgan fingerprint density at radius 2 is 1.19 bits per heavy atom. The normalized spacial score (nSPS) is 22.0. The van der Waals surface area contributed by atoms with Crippen molar-refractivity contribution in [2.24, 2.45) is 0 Å². The van der Waals surface area contributed by atoms with Gasteiger partial charge in [0.1, 0.15) is 24.4 Å². The summed E-state index contributed by atoms with van der Waals surface area (Å²) in [5.74, 6) is -0.263. The quantitative estimate of drug-likeness (QED) is 0.0216. The second kappa shape index (κ2) is 32.0. The molecule has 1 saturated heterocycles. The molecule has 1 aliphatic heterocycles. The Bertz CT molecular complexity index is 1010. The lowest BCUT2D eigenvalue weighted by Crippen LogP contribution is -2.61. The van der Waals surface area contributed by atoms with Crippen LogP contribution in [0.2, 0.25) is 0 Å². The third-order valence-electron chi connectivity index (χ3n) is 10.1. The third-order valence-corrected chi connectivity index (χ3v) is 10.5. The number of nitrogens with one attached hydrogen (secondary N) is 1. The maximum atomic E-state index is 13.0. The van der Waals surface area contributed by atoms with Gasteiger partial charge in [-0.15, -0.1) is 0 Å². The lowest BCUT2D eigenvalue weighted by Gasteiger charge is -2.41. The SMILES string of the molecule is CCCCCCCCCCCCC/C=C/C(O)C(CO[C@@H]1O[C@H](CO)[C@H](O)[C@H](OS(=O)(=O)O)[C@H]1O)NC(=O)CCCCCCCCCCCCCCC. The molecule has 0 aromatic carbocycles. The van der Waals surface area contributed by atoms with Crippen molar-refractivity contribution >= 4 is 16.3 Å². The zero-order chi connectivity index (χ0) is 39.2. The van der Waals surface area contributed by atoms with Crippen LogP contribution in [0.15, 0.2) is 12.2 Å². The van der Waals surface area contributed by atoms with E-state index >= 15 is 0 Å². The van der Waals surface area contributed by atoms with Gasteiger partial charge in [-0.2, -0.15) is 8.42 Å². The smallest absolute Gasteiger partial charge is 0.394 e. The van der Waals surface area contributed by atoms with Crippen molar-refractivity contribution in [3.05, 3.63) is 12.2 Å². The molecule has 6 N–H and O–H groups in total. The zero-order valence-electron chi connectivity index (χ0n) is 33.1. The van der Waals surface area contributed by atoms with Crippen molar-refractivity contribution in [3.8, 4) is 0 Å². The molecule has 0 aromatic rings. The number of unbranched alkanes of at least 4 members (excludes halogenated alkanes) is 23. The van der Waals surface area contributed by atoms with Crippen molar-refractivity contribution in [2.75, 3.05) is 13.2 Å². The third kappa shape index (κ3) is 25.6. The van der Waals surface area contributed by atoms with E-state index in [1.165, 1.54) is 116 Å². The van der Waals surface area contributed by atoms with E-state index in [4.69, 9.17) is 14.0 Å². The Hall–Kier alpha value is -1.16. The molecule has 2 unspecified atom stereocenters. The van der Waals surface area contributed by atoms with E-state index < -0.39 is 59.9 Å². The second-order valence-electron chi connectivity index (χ2n) is 14.9. The first-order valence-corrected chi connectivity index (χ1v) is 22.4. The molecule has 7 atom stereocenters. The molecule has 1 aliphatic rings. The van der Waals surface area contributed by atoms with E-state index in [0.717, 1.165) is 38.5 Å². The fourth-order valence-corrected chi connectivity index (χ4v) is 7.26. The van der Waals surface area contributed by atoms with Gasteiger partial charge in [-0.3, -0.25) is 9.35 Å². The maximum absolute atomic E-state index is 13.0. The van der Waals surface area contributed by atoms with E-state index in [1.807, 2.05) is 6.08 Å². The highest BCUT2D eigenvalue weighted by atomic mass is 32.3. The maximum Gasteiger partial charge on any atom is 0.397 e. The van der Waals surface area contributed by atoms with Gasteiger partial charge in [-0.05, 0) is 19.3 Å². The Morgan fingerprint density at radius 3 is 1.64 bits per heavy atom. The van der Waals surface area contributed by atoms with Crippen LogP contribution in [-0.4, -0.2) is 95.4 Å². The summed E-state index contributed by atoms with van der Waals surface area (Å²) in [5, 5.41) is 44.5. The number of aliphatic hydroxyl groups is 4. The molecule has 0 radical (unpaired) electrons. The summed E-state index contributed by atoms with van der Waals surface area (Å²) in [6.07, 6.45) is 23.9. The van der Waals surface area contributed by atoms with Crippen LogP contribution >= 0.6 is 0 Å². The van der Waals surface area contributed by atoms with Crippen LogP contribution in [0, 0.1) is 0 Å². The van der Waals surface area contributed by atoms with E-state index in [0.29, 0.717) is 6.42 Å². The number of rotatable bonds is 35. The van der Waals surface area contributed by atoms with Crippen LogP contribution in [0.3, 0.4) is 0 Å². The number of hydrogen-bond acceptors (Lipinski definition) is 10. The van der Waals surface area contributed by atoms with Crippen LogP contribution in [0.25, 0.3) is 0 Å². The number of allylic oxidation sites excluding steroid dienone is 1. The number of hydrogen-bond donors (Lipinski definition) is 6. The average molecular weight is 780 g/mol. The summed E-state index contributed by atoms with van der Waals surface area (Å²) in [7, 11) is -5.08. The first-order chi connectivity index (χ1) is 25.5. The molecule has 0 aliphatic carbocycles. The molecule has 1 heterocycles. The summed E-state index contributed by atoms with van der Waals surface area (Å²) in [5.41, 5.74) is 0. The summed E-state index contributed by atoms with van der Waals surface area (Å²) in [6.45, 7) is 3.36. The topological polar surface area (TPSA) is 192 Å². The molecule has 0 aromatic heterocycles. The van der Waals surface area contributed by atoms with Crippen LogP contribution in [0.5, 0.6) is 0 Å². The minimum absolute atomic E-state index is 0.263. The standard InChI is InChI=1S/C40H77NO11S/c1-3-5-7-9-11-13-15-17-19-21-23-25-27-29-34(43)33(32-50-40-38(46)39(52-53(47,48)49)37(45)35(31-42)51-40)41-36(44)30-28-26-24-22-20-18-16-14-12-10-8-6-4-2/h27,29,33-35,37-40,42-43,45-46H,3-26,28,30-32H2,1-2H3,(H,41,44)(H,47,48,49)/b29-27+/t33?,34?,35-,37+,38-,39+,40-/m1/s1. The van der Waals surface area contributed by atoms with Gasteiger partial charge in [0.15, 0.2) is 6.29 Å². The number of carbonyl (C=O) groups is 1. The van der Waals surface area contributed by atoms with Gasteiger partial charge in [0.2, 0.25) is 5.91 Å². The summed E-state index contributed by atoms with van der Waals surface area (Å²) in [6, 6.07) is -0.936. The van der Waals surface area contributed by atoms with Gasteiger partial charge >= 0.3 is 10.4 Å². The highest BCUT2D eigenvalue weighted by Crippen LogP contribution is 2.26. The van der Waals surface area contributed by atoms with E-state index in [-0.39, 0.29) is 18.9 Å². The predicted octanol–water partition coefficient (Wildman–Crippen LogP) is 7.21. The lowest BCUT2D eigenvalue weighted by atomic mass is 9.99. The summed E-state index contributed by atoms with van der Waals surface area (Å²) < 4.78 is 47.4. The van der Waals surface area contributed by atoms with Gasteiger partial charge in [0, 0.05) is 6.42 Å². The molecular weight excluding hydrogens is 703 g/mol. The summed E-state index contributed by atoms with van der Waals surface area (Å²) >= 11 is 0. The molecule has 0 bridgehead atoms. The number of amides is 1. The van der Waals surface area contributed by atoms with Crippen LogP contribution < -0.4 is 5.32 Å². The Morgan fingerprint density at radius 1 is 0.736 bits per heavy atom. The second-order valence-corrected chi connectivity index (χ2v) is 16.0. The fraction of sp³-hybridized carbons (Fsp3) is 0.925. The monoisotopic (exact) mass is 780 g/mol. The largest absolute Gasteiger partial charge is 0.397 e. The molecule has 1 amide bonds. The van der Waals surface area contributed by atoms with Gasteiger partial charge in [-0.25, -0.2) is 4.18 Å². The van der Waals surface area contributed by atoms with E-state index in [9.17, 15) is 33.6 Å². The minimum Gasteiger partial charge on any atom is -0.394 e. The number of aliphatic hydroxyl groups excluding tert-OH is 4. The molecule has 1 fully saturated rings. The highest BCUT2D eigenvalue weighted by molar-refractivity contribution is 7.80. The van der Waals surface area contributed by atoms with Gasteiger partial charge in [0.25, 0.3) is 0 Å². The number of carbonyl (C=O) groups excluding carboxylic acids is 1. The van der Waals surface area contributed by atoms with Crippen molar-refractivity contribution in [3.63, 3.8) is 0 Å². The van der Waals surface area contributed by atoms with Crippen molar-refractivity contribution in [1.82, 2.24) is 5.32 Å². The fourth-order valence-electron chi connectivity index (χ4n) is 6.75. The van der Waals surface area contributed by atoms with Crippen LogP contribution in [0.1, 0.15) is 181 Å². The molecule has 0 saturated carbocycles. The number of ether oxygens (including phenoxy) is 2. The molecule has 314 valence electrons. The Balaban J connectivity index is 2.59. The first kappa shape index (κ1) is 49.9. The average Bonchev–Trinajstić information content (AvgIpc) is 3.12. The molecule has 13 heteroatoms. The van der Waals surface area contributed by atoms with Gasteiger partial charge < -0.3 is 35.2 Å². The van der Waals surface area contributed by atoms with Crippen molar-refractivity contribution < 1.29 is 51.8 Å². The van der Waals surface area contributed by atoms with Crippen molar-refractivity contribution in [2.45, 2.75) is 224 Å². The lowest BCUT2D eigenvalue weighted by molar-refractivity contribution is -0.298. The minimum atomic E-state index is -5.08. The van der Waals surface area contributed by atoms with E-state index in [1.54, 1.807) is 6.08 Å². The molecule has 1 rings (SSSR count). The highest BCUT2D eigenvalue weighted by Gasteiger charge is 2.48. The Labute approximate surface area is 321 Å². The summed E-state index contributed by atoms with van der Waals surface area (Å²) in [4.78, 5) is 13.0. The van der Waals surface area contributed by atoms with Gasteiger partial charge in [0.05, 0.1) is 25.4 Å². The first-order valence-electron chi connectivity index (χ1n) is 21.1. The molecule has 0 spiro atoms. The zero-order valence-corrected chi connectivity index (χ0v) is 33.9. The van der Waals surface area contributed by atoms with E-state index in [2.05, 4.69) is 23.3 Å². The predicted molar refractivity (Wildman–Crippen MR) is 209 cm³/mol. The van der Waals surface area contributed by atoms with Crippen molar-refractivity contribution in [1.29, 1.82) is 0 Å². The molecule has 12 nitrogen and oxygen atoms in total. The van der Waals surface area contributed by atoms with Crippen LogP contribution in [0.4, 0.5) is 0 Å². The Kier molecular flexibility index (Phi) is 30.1.